The Balaban J connectivity index is 1.86. The van der Waals surface area contributed by atoms with Gasteiger partial charge in [-0.15, -0.1) is 0 Å². The Kier molecular flexibility index (Phi) is 5.96. The first-order valence-electron chi connectivity index (χ1n) is 5.75. The number of hydrogen-bond donors (Lipinski definition) is 2. The van der Waals surface area contributed by atoms with Gasteiger partial charge in [0, 0.05) is 12.4 Å². The highest BCUT2D eigenvalue weighted by atomic mass is 15.1. The van der Waals surface area contributed by atoms with Crippen LogP contribution in [0.25, 0.3) is 0 Å². The summed E-state index contributed by atoms with van der Waals surface area (Å²) in [5, 5.41) is 6.50. The molecule has 0 atom stereocenters. The Labute approximate surface area is 87.5 Å². The van der Waals surface area contributed by atoms with Gasteiger partial charge in [-0.1, -0.05) is 31.9 Å². The van der Waals surface area contributed by atoms with Crippen LogP contribution in [0.15, 0.2) is 24.6 Å². The molecule has 0 bridgehead atoms. The van der Waals surface area contributed by atoms with Crippen LogP contribution in [0.3, 0.4) is 0 Å². The van der Waals surface area contributed by atoms with Crippen LogP contribution in [-0.2, 0) is 0 Å². The lowest BCUT2D eigenvalue weighted by Crippen LogP contribution is -2.30. The van der Waals surface area contributed by atoms with Crippen molar-refractivity contribution < 1.29 is 0 Å². The van der Waals surface area contributed by atoms with Gasteiger partial charge in [-0.2, -0.15) is 0 Å². The van der Waals surface area contributed by atoms with Crippen molar-refractivity contribution in [2.45, 2.75) is 51.6 Å². The monoisotopic (exact) mass is 194 g/mol. The molecule has 14 heavy (non-hydrogen) atoms. The maximum atomic E-state index is 3.25. The van der Waals surface area contributed by atoms with Crippen molar-refractivity contribution in [2.24, 2.45) is 0 Å². The highest BCUT2D eigenvalue weighted by Crippen LogP contribution is 2.03. The van der Waals surface area contributed by atoms with E-state index in [-0.39, 0.29) is 0 Å². The minimum Gasteiger partial charge on any atom is -0.370 e. The zero-order valence-electron chi connectivity index (χ0n) is 9.13. The van der Waals surface area contributed by atoms with Crippen LogP contribution < -0.4 is 10.6 Å². The third-order valence-electron chi connectivity index (χ3n) is 2.43. The number of nitrogens with one attached hydrogen (secondary N) is 2. The van der Waals surface area contributed by atoms with E-state index in [1.54, 1.807) is 0 Å². The lowest BCUT2D eigenvalue weighted by atomic mass is 10.1. The van der Waals surface area contributed by atoms with Crippen LogP contribution >= 0.6 is 0 Å². The molecule has 2 nitrogen and oxygen atoms in total. The Morgan fingerprint density at radius 2 is 1.71 bits per heavy atom. The van der Waals surface area contributed by atoms with E-state index in [0.717, 1.165) is 0 Å². The fourth-order valence-corrected chi connectivity index (χ4v) is 1.54. The third-order valence-corrected chi connectivity index (χ3v) is 2.43. The van der Waals surface area contributed by atoms with Gasteiger partial charge in [0.1, 0.15) is 0 Å². The van der Waals surface area contributed by atoms with Gasteiger partial charge in [-0.05, 0) is 25.7 Å². The molecule has 0 amide bonds. The summed E-state index contributed by atoms with van der Waals surface area (Å²) in [6.45, 7) is 2.23. The third kappa shape index (κ3) is 4.95. The van der Waals surface area contributed by atoms with Crippen molar-refractivity contribution in [3.05, 3.63) is 24.6 Å². The molecule has 1 aliphatic heterocycles. The zero-order valence-corrected chi connectivity index (χ0v) is 9.13. The second kappa shape index (κ2) is 7.48. The van der Waals surface area contributed by atoms with Crippen molar-refractivity contribution in [3.8, 4) is 0 Å². The molecule has 0 aromatic carbocycles. The van der Waals surface area contributed by atoms with Crippen molar-refractivity contribution in [3.63, 3.8) is 0 Å². The molecule has 0 spiro atoms. The Morgan fingerprint density at radius 3 is 2.36 bits per heavy atom. The molecule has 2 heteroatoms. The summed E-state index contributed by atoms with van der Waals surface area (Å²) in [6.07, 6.45) is 16.6. The predicted octanol–water partition coefficient (Wildman–Crippen LogP) is 2.89. The van der Waals surface area contributed by atoms with Crippen LogP contribution in [0.4, 0.5) is 0 Å². The van der Waals surface area contributed by atoms with Gasteiger partial charge in [0.15, 0.2) is 0 Å². The summed E-state index contributed by atoms with van der Waals surface area (Å²) in [5.41, 5.74) is 0. The maximum Gasteiger partial charge on any atom is 0.0955 e. The molecule has 0 aromatic rings. The van der Waals surface area contributed by atoms with E-state index in [9.17, 15) is 0 Å². The fraction of sp³-hybridized carbons (Fsp3) is 0.667. The number of hydrogen-bond acceptors (Lipinski definition) is 2. The van der Waals surface area contributed by atoms with E-state index < -0.39 is 0 Å². The number of rotatable bonds is 7. The number of unbranched alkanes of at least 4 members (excludes halogenated alkanes) is 3. The Hall–Kier alpha value is -0.920. The summed E-state index contributed by atoms with van der Waals surface area (Å²) in [5.74, 6) is 0. The van der Waals surface area contributed by atoms with E-state index >= 15 is 0 Å². The standard InChI is InChI=1S/C12H22N2/c1-2-3-4-5-6-7-8-9-12-13-10-11-14-12/h5-6,10-14H,2-4,7-9H2,1H3/b6-5+. The molecular weight excluding hydrogens is 172 g/mol. The van der Waals surface area contributed by atoms with E-state index in [4.69, 9.17) is 0 Å². The van der Waals surface area contributed by atoms with Gasteiger partial charge in [-0.25, -0.2) is 0 Å². The smallest absolute Gasteiger partial charge is 0.0955 e. The molecule has 1 aliphatic rings. The lowest BCUT2D eigenvalue weighted by Gasteiger charge is -2.10. The van der Waals surface area contributed by atoms with Crippen molar-refractivity contribution >= 4 is 0 Å². The van der Waals surface area contributed by atoms with Crippen LogP contribution in [-0.4, -0.2) is 6.17 Å². The molecule has 0 unspecified atom stereocenters. The van der Waals surface area contributed by atoms with E-state index in [1.807, 2.05) is 12.4 Å². The predicted molar refractivity (Wildman–Crippen MR) is 61.7 cm³/mol. The molecule has 2 N–H and O–H groups in total. The van der Waals surface area contributed by atoms with E-state index in [0.29, 0.717) is 6.17 Å². The quantitative estimate of drug-likeness (QED) is 0.481. The highest BCUT2D eigenvalue weighted by Gasteiger charge is 2.05. The Morgan fingerprint density at radius 1 is 1.07 bits per heavy atom. The molecule has 0 radical (unpaired) electrons. The topological polar surface area (TPSA) is 24.1 Å². The first-order chi connectivity index (χ1) is 6.93. The molecular formula is C12H22N2. The van der Waals surface area contributed by atoms with Crippen LogP contribution in [0.2, 0.25) is 0 Å². The molecule has 1 heterocycles. The van der Waals surface area contributed by atoms with Crippen LogP contribution in [0.1, 0.15) is 45.4 Å². The van der Waals surface area contributed by atoms with Gasteiger partial charge in [0.25, 0.3) is 0 Å². The maximum absolute atomic E-state index is 3.25. The molecule has 0 fully saturated rings. The van der Waals surface area contributed by atoms with Crippen molar-refractivity contribution in [2.75, 3.05) is 0 Å². The van der Waals surface area contributed by atoms with Crippen LogP contribution in [0.5, 0.6) is 0 Å². The summed E-state index contributed by atoms with van der Waals surface area (Å²) in [7, 11) is 0. The average Bonchev–Trinajstić information content (AvgIpc) is 2.69. The summed E-state index contributed by atoms with van der Waals surface area (Å²) >= 11 is 0. The average molecular weight is 194 g/mol. The van der Waals surface area contributed by atoms with Crippen molar-refractivity contribution in [1.82, 2.24) is 10.6 Å². The SMILES string of the molecule is CCCC/C=C/CCCC1NC=CN1. The van der Waals surface area contributed by atoms with Crippen LogP contribution in [0, 0.1) is 0 Å². The Bertz CT molecular complexity index is 177. The second-order valence-electron chi connectivity index (χ2n) is 3.76. The normalized spacial score (nSPS) is 16.1. The fourth-order valence-electron chi connectivity index (χ4n) is 1.54. The highest BCUT2D eigenvalue weighted by molar-refractivity contribution is 4.91. The molecule has 1 rings (SSSR count). The van der Waals surface area contributed by atoms with Crippen molar-refractivity contribution in [1.29, 1.82) is 0 Å². The minimum atomic E-state index is 0.471. The van der Waals surface area contributed by atoms with E-state index in [1.165, 1.54) is 38.5 Å². The van der Waals surface area contributed by atoms with Gasteiger partial charge >= 0.3 is 0 Å². The summed E-state index contributed by atoms with van der Waals surface area (Å²) in [6, 6.07) is 0. The zero-order chi connectivity index (χ0) is 10.1. The number of allylic oxidation sites excluding steroid dienone is 2. The molecule has 80 valence electrons. The largest absolute Gasteiger partial charge is 0.370 e. The summed E-state index contributed by atoms with van der Waals surface area (Å²) < 4.78 is 0. The molecule has 0 aromatic heterocycles. The van der Waals surface area contributed by atoms with Gasteiger partial charge in [0.2, 0.25) is 0 Å². The minimum absolute atomic E-state index is 0.471. The molecule has 0 saturated heterocycles. The second-order valence-corrected chi connectivity index (χ2v) is 3.76. The van der Waals surface area contributed by atoms with Gasteiger partial charge in [-0.3, -0.25) is 0 Å². The lowest BCUT2D eigenvalue weighted by molar-refractivity contribution is 0.510. The first-order valence-corrected chi connectivity index (χ1v) is 5.75. The molecule has 0 saturated carbocycles. The molecule has 0 aliphatic carbocycles. The van der Waals surface area contributed by atoms with Gasteiger partial charge in [0.05, 0.1) is 6.17 Å². The first kappa shape index (κ1) is 11.2. The van der Waals surface area contributed by atoms with Gasteiger partial charge < -0.3 is 10.6 Å². The van der Waals surface area contributed by atoms with E-state index in [2.05, 4.69) is 29.7 Å². The summed E-state index contributed by atoms with van der Waals surface area (Å²) in [4.78, 5) is 0.